The standard InChI is InChI=1S/C15H13Cl4NO/c1-8(20)5-9-10(16)3-2-4-14(9)21-15-7-12(18)11(17)6-13(15)19/h2-4,6-8H,5,20H2,1H3. The zero-order chi connectivity index (χ0) is 15.6. The van der Waals surface area contributed by atoms with Crippen molar-refractivity contribution in [3.63, 3.8) is 0 Å². The molecule has 0 aliphatic carbocycles. The fraction of sp³-hybridized carbons (Fsp3) is 0.200. The largest absolute Gasteiger partial charge is 0.455 e. The summed E-state index contributed by atoms with van der Waals surface area (Å²) in [6, 6.07) is 8.47. The molecule has 0 aromatic heterocycles. The summed E-state index contributed by atoms with van der Waals surface area (Å²) >= 11 is 24.2. The van der Waals surface area contributed by atoms with E-state index in [9.17, 15) is 0 Å². The van der Waals surface area contributed by atoms with Crippen molar-refractivity contribution in [2.24, 2.45) is 5.73 Å². The Labute approximate surface area is 143 Å². The van der Waals surface area contributed by atoms with E-state index in [1.54, 1.807) is 18.2 Å². The van der Waals surface area contributed by atoms with Crippen LogP contribution < -0.4 is 10.5 Å². The molecule has 2 N–H and O–H groups in total. The minimum Gasteiger partial charge on any atom is -0.455 e. The molecule has 0 saturated heterocycles. The number of nitrogens with two attached hydrogens (primary N) is 1. The molecule has 1 unspecified atom stereocenters. The highest BCUT2D eigenvalue weighted by Crippen LogP contribution is 2.38. The van der Waals surface area contributed by atoms with Crippen molar-refractivity contribution in [2.75, 3.05) is 0 Å². The molecule has 0 saturated carbocycles. The summed E-state index contributed by atoms with van der Waals surface area (Å²) in [4.78, 5) is 0. The molecule has 0 aliphatic heterocycles. The van der Waals surface area contributed by atoms with Crippen LogP contribution in [0.15, 0.2) is 30.3 Å². The summed E-state index contributed by atoms with van der Waals surface area (Å²) in [5, 5.41) is 1.71. The second-order valence-corrected chi connectivity index (χ2v) is 6.33. The normalized spacial score (nSPS) is 12.3. The molecule has 2 aromatic carbocycles. The number of hydrogen-bond donors (Lipinski definition) is 1. The second-order valence-electron chi connectivity index (χ2n) is 4.70. The number of benzene rings is 2. The lowest BCUT2D eigenvalue weighted by atomic mass is 10.1. The van der Waals surface area contributed by atoms with Crippen molar-refractivity contribution in [1.29, 1.82) is 0 Å². The van der Waals surface area contributed by atoms with Gasteiger partial charge in [0.1, 0.15) is 11.5 Å². The van der Waals surface area contributed by atoms with Gasteiger partial charge in [0.25, 0.3) is 0 Å². The molecule has 112 valence electrons. The molecular formula is C15H13Cl4NO. The van der Waals surface area contributed by atoms with E-state index in [-0.39, 0.29) is 6.04 Å². The molecule has 6 heteroatoms. The lowest BCUT2D eigenvalue weighted by Gasteiger charge is -2.15. The second kappa shape index (κ2) is 7.08. The fourth-order valence-electron chi connectivity index (χ4n) is 1.86. The smallest absolute Gasteiger partial charge is 0.147 e. The van der Waals surface area contributed by atoms with Crippen LogP contribution >= 0.6 is 46.4 Å². The van der Waals surface area contributed by atoms with Gasteiger partial charge in [-0.2, -0.15) is 0 Å². The van der Waals surface area contributed by atoms with E-state index in [1.807, 2.05) is 13.0 Å². The van der Waals surface area contributed by atoms with Crippen LogP contribution in [0.5, 0.6) is 11.5 Å². The van der Waals surface area contributed by atoms with E-state index >= 15 is 0 Å². The molecule has 21 heavy (non-hydrogen) atoms. The van der Waals surface area contributed by atoms with Crippen LogP contribution in [0.1, 0.15) is 12.5 Å². The monoisotopic (exact) mass is 363 g/mol. The van der Waals surface area contributed by atoms with E-state index in [0.29, 0.717) is 38.0 Å². The molecule has 0 spiro atoms. The first-order valence-corrected chi connectivity index (χ1v) is 7.75. The summed E-state index contributed by atoms with van der Waals surface area (Å²) in [5.74, 6) is 1.01. The molecule has 0 amide bonds. The maximum absolute atomic E-state index is 6.22. The van der Waals surface area contributed by atoms with Gasteiger partial charge in [-0.15, -0.1) is 0 Å². The predicted octanol–water partition coefficient (Wildman–Crippen LogP) is 5.98. The Morgan fingerprint density at radius 3 is 2.29 bits per heavy atom. The van der Waals surface area contributed by atoms with Crippen LogP contribution in [0.4, 0.5) is 0 Å². The Hall–Kier alpha value is -0.640. The Morgan fingerprint density at radius 2 is 1.62 bits per heavy atom. The molecule has 0 radical (unpaired) electrons. The third kappa shape index (κ3) is 4.18. The molecule has 1 atom stereocenters. The first kappa shape index (κ1) is 16.7. The van der Waals surface area contributed by atoms with Gasteiger partial charge in [0, 0.05) is 22.7 Å². The third-order valence-electron chi connectivity index (χ3n) is 2.80. The maximum Gasteiger partial charge on any atom is 0.147 e. The number of hydrogen-bond acceptors (Lipinski definition) is 2. The van der Waals surface area contributed by atoms with Gasteiger partial charge >= 0.3 is 0 Å². The fourth-order valence-corrected chi connectivity index (χ4v) is 2.67. The summed E-state index contributed by atoms with van der Waals surface area (Å²) in [7, 11) is 0. The topological polar surface area (TPSA) is 35.2 Å². The van der Waals surface area contributed by atoms with Gasteiger partial charge in [-0.05, 0) is 31.5 Å². The van der Waals surface area contributed by atoms with Crippen LogP contribution in [0.2, 0.25) is 20.1 Å². The van der Waals surface area contributed by atoms with Crippen LogP contribution in [-0.2, 0) is 6.42 Å². The lowest BCUT2D eigenvalue weighted by molar-refractivity contribution is 0.474. The third-order valence-corrected chi connectivity index (χ3v) is 4.17. The summed E-state index contributed by atoms with van der Waals surface area (Å²) in [6.45, 7) is 1.90. The SMILES string of the molecule is CC(N)Cc1c(Cl)cccc1Oc1cc(Cl)c(Cl)cc1Cl. The predicted molar refractivity (Wildman–Crippen MR) is 90.4 cm³/mol. The van der Waals surface area contributed by atoms with Gasteiger partial charge in [-0.1, -0.05) is 52.5 Å². The Morgan fingerprint density at radius 1 is 0.952 bits per heavy atom. The summed E-state index contributed by atoms with van der Waals surface area (Å²) in [6.07, 6.45) is 0.591. The Bertz CT molecular complexity index is 658. The number of halogens is 4. The van der Waals surface area contributed by atoms with Crippen molar-refractivity contribution >= 4 is 46.4 Å². The van der Waals surface area contributed by atoms with Gasteiger partial charge in [0.2, 0.25) is 0 Å². The zero-order valence-electron chi connectivity index (χ0n) is 11.2. The van der Waals surface area contributed by atoms with Crippen molar-refractivity contribution in [1.82, 2.24) is 0 Å². The average Bonchev–Trinajstić information content (AvgIpc) is 2.39. The maximum atomic E-state index is 6.22. The quantitative estimate of drug-likeness (QED) is 0.677. The van der Waals surface area contributed by atoms with Crippen molar-refractivity contribution in [3.05, 3.63) is 56.0 Å². The van der Waals surface area contributed by atoms with Crippen molar-refractivity contribution < 1.29 is 4.74 Å². The molecule has 0 heterocycles. The first-order chi connectivity index (χ1) is 9.88. The van der Waals surface area contributed by atoms with Crippen LogP contribution in [-0.4, -0.2) is 6.04 Å². The first-order valence-electron chi connectivity index (χ1n) is 6.24. The highest BCUT2D eigenvalue weighted by molar-refractivity contribution is 6.43. The minimum atomic E-state index is -0.0449. The van der Waals surface area contributed by atoms with E-state index in [4.69, 9.17) is 56.9 Å². The molecular weight excluding hydrogens is 352 g/mol. The molecule has 0 aliphatic rings. The Balaban J connectivity index is 2.40. The highest BCUT2D eigenvalue weighted by Gasteiger charge is 2.14. The molecule has 2 aromatic rings. The van der Waals surface area contributed by atoms with Gasteiger partial charge in [-0.3, -0.25) is 0 Å². The van der Waals surface area contributed by atoms with Crippen molar-refractivity contribution in [2.45, 2.75) is 19.4 Å². The highest BCUT2D eigenvalue weighted by atomic mass is 35.5. The molecule has 2 nitrogen and oxygen atoms in total. The van der Waals surface area contributed by atoms with Gasteiger partial charge < -0.3 is 10.5 Å². The van der Waals surface area contributed by atoms with Crippen LogP contribution in [0, 0.1) is 0 Å². The zero-order valence-corrected chi connectivity index (χ0v) is 14.2. The van der Waals surface area contributed by atoms with Crippen molar-refractivity contribution in [3.8, 4) is 11.5 Å². The van der Waals surface area contributed by atoms with E-state index in [1.165, 1.54) is 6.07 Å². The van der Waals surface area contributed by atoms with E-state index in [0.717, 1.165) is 5.56 Å². The minimum absolute atomic E-state index is 0.0449. The molecule has 0 fully saturated rings. The van der Waals surface area contributed by atoms with Gasteiger partial charge in [0.15, 0.2) is 0 Å². The Kier molecular flexibility index (Phi) is 5.64. The van der Waals surface area contributed by atoms with Gasteiger partial charge in [0.05, 0.1) is 15.1 Å². The summed E-state index contributed by atoms with van der Waals surface area (Å²) in [5.41, 5.74) is 6.68. The van der Waals surface area contributed by atoms with E-state index < -0.39 is 0 Å². The molecule has 0 bridgehead atoms. The average molecular weight is 365 g/mol. The van der Waals surface area contributed by atoms with Crippen LogP contribution in [0.25, 0.3) is 0 Å². The molecule has 2 rings (SSSR count). The van der Waals surface area contributed by atoms with E-state index in [2.05, 4.69) is 0 Å². The number of rotatable bonds is 4. The summed E-state index contributed by atoms with van der Waals surface area (Å²) < 4.78 is 5.84. The van der Waals surface area contributed by atoms with Crippen LogP contribution in [0.3, 0.4) is 0 Å². The van der Waals surface area contributed by atoms with Gasteiger partial charge in [-0.25, -0.2) is 0 Å². The lowest BCUT2D eigenvalue weighted by Crippen LogP contribution is -2.18. The number of ether oxygens (including phenoxy) is 1.